The number of nitrogens with one attached hydrogen (secondary N) is 1. The first-order chi connectivity index (χ1) is 7.87. The Morgan fingerprint density at radius 1 is 1.47 bits per heavy atom. The number of thioether (sulfide) groups is 1. The number of Topliss-reactive ketones (excluding diaryl/α,β-unsaturated/α-hetero) is 1. The highest BCUT2D eigenvalue weighted by Crippen LogP contribution is 2.24. The van der Waals surface area contributed by atoms with E-state index in [1.54, 1.807) is 23.9 Å². The molecular weight excluding hydrogens is 237 g/mol. The van der Waals surface area contributed by atoms with Crippen LogP contribution in [0.2, 0.25) is 0 Å². The predicted molar refractivity (Wildman–Crippen MR) is 72.5 cm³/mol. The van der Waals surface area contributed by atoms with E-state index >= 15 is 0 Å². The van der Waals surface area contributed by atoms with Crippen molar-refractivity contribution >= 4 is 23.2 Å². The van der Waals surface area contributed by atoms with Crippen molar-refractivity contribution in [1.29, 1.82) is 0 Å². The molecular formula is C13H18FNOS. The number of carbonyl (C=O) groups excluding carboxylic acids is 1. The fraction of sp³-hybridized carbons (Fsp3) is 0.462. The highest BCUT2D eigenvalue weighted by Gasteiger charge is 2.18. The Balaban J connectivity index is 2.92. The fourth-order valence-electron chi connectivity index (χ4n) is 1.41. The number of benzene rings is 1. The zero-order chi connectivity index (χ0) is 13.1. The number of ketones is 1. The van der Waals surface area contributed by atoms with Crippen molar-refractivity contribution in [1.82, 2.24) is 0 Å². The van der Waals surface area contributed by atoms with Gasteiger partial charge in [-0.3, -0.25) is 4.79 Å². The molecule has 0 fully saturated rings. The molecule has 1 N–H and O–H groups in total. The Hall–Kier alpha value is -1.03. The molecule has 0 aromatic heterocycles. The molecule has 0 spiro atoms. The number of hydrogen-bond donors (Lipinski definition) is 1. The van der Waals surface area contributed by atoms with Crippen LogP contribution in [0.1, 0.15) is 31.1 Å². The van der Waals surface area contributed by atoms with E-state index in [0.717, 1.165) is 0 Å². The summed E-state index contributed by atoms with van der Waals surface area (Å²) in [6, 6.07) is 4.65. The van der Waals surface area contributed by atoms with E-state index in [2.05, 4.69) is 19.2 Å². The van der Waals surface area contributed by atoms with Crippen LogP contribution in [0.4, 0.5) is 10.1 Å². The molecule has 17 heavy (non-hydrogen) atoms. The van der Waals surface area contributed by atoms with Crippen LogP contribution in [0, 0.1) is 5.82 Å². The van der Waals surface area contributed by atoms with Crippen molar-refractivity contribution in [3.8, 4) is 0 Å². The minimum atomic E-state index is -0.468. The van der Waals surface area contributed by atoms with Gasteiger partial charge in [-0.05, 0) is 39.2 Å². The molecule has 1 aromatic rings. The third-order valence-corrected chi connectivity index (χ3v) is 3.87. The lowest BCUT2D eigenvalue weighted by Crippen LogP contribution is -2.26. The van der Waals surface area contributed by atoms with Gasteiger partial charge in [0.15, 0.2) is 5.78 Å². The highest BCUT2D eigenvalue weighted by atomic mass is 32.2. The zero-order valence-electron chi connectivity index (χ0n) is 10.6. The first kappa shape index (κ1) is 14.0. The lowest BCUT2D eigenvalue weighted by atomic mass is 10.1. The van der Waals surface area contributed by atoms with Gasteiger partial charge < -0.3 is 5.32 Å². The summed E-state index contributed by atoms with van der Waals surface area (Å²) in [5.74, 6) is -0.725. The SMILES string of the molecule is CSC(C)(C)CNc1cccc(F)c1C(C)=O. The van der Waals surface area contributed by atoms with Gasteiger partial charge in [-0.25, -0.2) is 4.39 Å². The lowest BCUT2D eigenvalue weighted by Gasteiger charge is -2.23. The summed E-state index contributed by atoms with van der Waals surface area (Å²) in [4.78, 5) is 11.4. The fourth-order valence-corrected chi connectivity index (χ4v) is 1.63. The summed E-state index contributed by atoms with van der Waals surface area (Å²) in [7, 11) is 0. The average Bonchev–Trinajstić information content (AvgIpc) is 2.26. The molecule has 0 amide bonds. The number of carbonyl (C=O) groups is 1. The van der Waals surface area contributed by atoms with E-state index in [1.165, 1.54) is 13.0 Å². The van der Waals surface area contributed by atoms with Crippen molar-refractivity contribution in [2.75, 3.05) is 18.1 Å². The van der Waals surface area contributed by atoms with E-state index in [-0.39, 0.29) is 16.1 Å². The minimum Gasteiger partial charge on any atom is -0.383 e. The third kappa shape index (κ3) is 3.73. The molecule has 94 valence electrons. The van der Waals surface area contributed by atoms with Crippen LogP contribution in [0.5, 0.6) is 0 Å². The second-order valence-electron chi connectivity index (χ2n) is 4.54. The Bertz CT molecular complexity index is 418. The van der Waals surface area contributed by atoms with Crippen LogP contribution in [0.25, 0.3) is 0 Å². The Morgan fingerprint density at radius 2 is 2.12 bits per heavy atom. The maximum Gasteiger partial charge on any atom is 0.164 e. The Kier molecular flexibility index (Phi) is 4.57. The molecule has 2 nitrogen and oxygen atoms in total. The summed E-state index contributed by atoms with van der Waals surface area (Å²) in [5, 5.41) is 3.14. The molecule has 1 aromatic carbocycles. The van der Waals surface area contributed by atoms with Crippen LogP contribution in [0.15, 0.2) is 18.2 Å². The normalized spacial score (nSPS) is 11.4. The van der Waals surface area contributed by atoms with Gasteiger partial charge in [-0.1, -0.05) is 6.07 Å². The van der Waals surface area contributed by atoms with Gasteiger partial charge in [0.2, 0.25) is 0 Å². The first-order valence-electron chi connectivity index (χ1n) is 5.46. The van der Waals surface area contributed by atoms with Gasteiger partial charge in [-0.2, -0.15) is 11.8 Å². The van der Waals surface area contributed by atoms with E-state index < -0.39 is 5.82 Å². The van der Waals surface area contributed by atoms with Crippen molar-refractivity contribution in [3.63, 3.8) is 0 Å². The molecule has 1 rings (SSSR count). The standard InChI is InChI=1S/C13H18FNOS/c1-9(16)12-10(14)6-5-7-11(12)15-8-13(2,3)17-4/h5-7,15H,8H2,1-4H3. The van der Waals surface area contributed by atoms with Gasteiger partial charge in [0.05, 0.1) is 5.56 Å². The van der Waals surface area contributed by atoms with E-state index in [0.29, 0.717) is 12.2 Å². The average molecular weight is 255 g/mol. The zero-order valence-corrected chi connectivity index (χ0v) is 11.5. The third-order valence-electron chi connectivity index (χ3n) is 2.62. The van der Waals surface area contributed by atoms with E-state index in [9.17, 15) is 9.18 Å². The van der Waals surface area contributed by atoms with Gasteiger partial charge >= 0.3 is 0 Å². The molecule has 0 heterocycles. The molecule has 0 aliphatic rings. The molecule has 0 bridgehead atoms. The highest BCUT2D eigenvalue weighted by molar-refractivity contribution is 7.99. The smallest absolute Gasteiger partial charge is 0.164 e. The van der Waals surface area contributed by atoms with Crippen LogP contribution >= 0.6 is 11.8 Å². The van der Waals surface area contributed by atoms with E-state index in [1.807, 2.05) is 6.26 Å². The molecule has 0 atom stereocenters. The number of halogens is 1. The first-order valence-corrected chi connectivity index (χ1v) is 6.68. The number of rotatable bonds is 5. The number of anilines is 1. The molecule has 0 radical (unpaired) electrons. The summed E-state index contributed by atoms with van der Waals surface area (Å²) in [6.07, 6.45) is 2.03. The second-order valence-corrected chi connectivity index (χ2v) is 6.05. The molecule has 0 saturated heterocycles. The number of hydrogen-bond acceptors (Lipinski definition) is 3. The maximum atomic E-state index is 13.5. The van der Waals surface area contributed by atoms with Crippen molar-refractivity contribution in [2.45, 2.75) is 25.5 Å². The Morgan fingerprint density at radius 3 is 2.65 bits per heavy atom. The van der Waals surface area contributed by atoms with Gasteiger partial charge in [0, 0.05) is 17.0 Å². The monoisotopic (exact) mass is 255 g/mol. The minimum absolute atomic E-state index is 0.0420. The van der Waals surface area contributed by atoms with Crippen LogP contribution < -0.4 is 5.32 Å². The van der Waals surface area contributed by atoms with Crippen LogP contribution in [-0.4, -0.2) is 23.3 Å². The lowest BCUT2D eigenvalue weighted by molar-refractivity contribution is 0.101. The van der Waals surface area contributed by atoms with Crippen molar-refractivity contribution in [3.05, 3.63) is 29.6 Å². The summed E-state index contributed by atoms with van der Waals surface area (Å²) >= 11 is 1.72. The largest absolute Gasteiger partial charge is 0.383 e. The molecule has 0 aliphatic heterocycles. The summed E-state index contributed by atoms with van der Waals surface area (Å²) in [6.45, 7) is 6.25. The topological polar surface area (TPSA) is 29.1 Å². The van der Waals surface area contributed by atoms with E-state index in [4.69, 9.17) is 0 Å². The Labute approximate surface area is 106 Å². The van der Waals surface area contributed by atoms with Gasteiger partial charge in [0.1, 0.15) is 5.82 Å². The summed E-state index contributed by atoms with van der Waals surface area (Å²) in [5.41, 5.74) is 0.712. The second kappa shape index (κ2) is 5.54. The predicted octanol–water partition coefficient (Wildman–Crippen LogP) is 3.58. The molecule has 4 heteroatoms. The van der Waals surface area contributed by atoms with Crippen LogP contribution in [-0.2, 0) is 0 Å². The summed E-state index contributed by atoms with van der Waals surface area (Å²) < 4.78 is 13.6. The van der Waals surface area contributed by atoms with Crippen LogP contribution in [0.3, 0.4) is 0 Å². The van der Waals surface area contributed by atoms with Crippen molar-refractivity contribution < 1.29 is 9.18 Å². The molecule has 0 aliphatic carbocycles. The quantitative estimate of drug-likeness (QED) is 0.815. The molecule has 0 saturated carbocycles. The van der Waals surface area contributed by atoms with Gasteiger partial charge in [0.25, 0.3) is 0 Å². The van der Waals surface area contributed by atoms with Crippen molar-refractivity contribution in [2.24, 2.45) is 0 Å². The van der Waals surface area contributed by atoms with Gasteiger partial charge in [-0.15, -0.1) is 0 Å². The maximum absolute atomic E-state index is 13.5. The molecule has 0 unspecified atom stereocenters.